The first-order chi connectivity index (χ1) is 19.8. The van der Waals surface area contributed by atoms with Gasteiger partial charge in [0.05, 0.1) is 0 Å². The second kappa shape index (κ2) is 8.42. The van der Waals surface area contributed by atoms with Gasteiger partial charge in [0.2, 0.25) is 0 Å². The van der Waals surface area contributed by atoms with Gasteiger partial charge in [-0.05, 0) is 63.9 Å². The third kappa shape index (κ3) is 3.14. The lowest BCUT2D eigenvalue weighted by atomic mass is 9.83. The summed E-state index contributed by atoms with van der Waals surface area (Å²) in [6.45, 7) is 0. The second-order valence-electron chi connectivity index (χ2n) is 10.8. The molecule has 0 N–H and O–H groups in total. The first-order valence-electron chi connectivity index (χ1n) is 13.9. The van der Waals surface area contributed by atoms with E-state index in [4.69, 9.17) is 4.42 Å². The predicted molar refractivity (Wildman–Crippen MR) is 170 cm³/mol. The lowest BCUT2D eigenvalue weighted by Crippen LogP contribution is -2.03. The SMILES string of the molecule is c1ccc2c(c1)CCc1ccc3sc4c(-c5ccc(-c6cccc7c6oc6ccccc67)cc5)cccc4c3c1-2. The number of furan rings is 1. The Morgan fingerprint density at radius 2 is 1.18 bits per heavy atom. The Morgan fingerprint density at radius 1 is 0.500 bits per heavy atom. The number of aryl methyl sites for hydroxylation is 2. The largest absolute Gasteiger partial charge is 0.455 e. The molecule has 0 bridgehead atoms. The summed E-state index contributed by atoms with van der Waals surface area (Å²) in [4.78, 5) is 0. The van der Waals surface area contributed by atoms with Crippen molar-refractivity contribution >= 4 is 53.4 Å². The molecule has 6 aromatic carbocycles. The maximum absolute atomic E-state index is 6.32. The van der Waals surface area contributed by atoms with Gasteiger partial charge < -0.3 is 4.42 Å². The minimum absolute atomic E-state index is 0.933. The third-order valence-corrected chi connectivity index (χ3v) is 9.82. The molecule has 8 aromatic rings. The average molecular weight is 529 g/mol. The van der Waals surface area contributed by atoms with Gasteiger partial charge in [0, 0.05) is 36.5 Å². The summed E-state index contributed by atoms with van der Waals surface area (Å²) in [6, 6.07) is 44.2. The van der Waals surface area contributed by atoms with E-state index in [1.165, 1.54) is 59.1 Å². The summed E-state index contributed by atoms with van der Waals surface area (Å²) in [7, 11) is 0. The molecule has 0 saturated carbocycles. The van der Waals surface area contributed by atoms with Crippen LogP contribution in [0.1, 0.15) is 11.1 Å². The average Bonchev–Trinajstić information content (AvgIpc) is 3.59. The highest BCUT2D eigenvalue weighted by molar-refractivity contribution is 7.26. The van der Waals surface area contributed by atoms with Crippen molar-refractivity contribution in [2.45, 2.75) is 12.8 Å². The molecule has 0 amide bonds. The van der Waals surface area contributed by atoms with Crippen LogP contribution in [0.4, 0.5) is 0 Å². The Bertz CT molecular complexity index is 2260. The van der Waals surface area contributed by atoms with Crippen LogP contribution in [0.2, 0.25) is 0 Å². The first-order valence-corrected chi connectivity index (χ1v) is 14.7. The Labute approximate surface area is 235 Å². The highest BCUT2D eigenvalue weighted by Crippen LogP contribution is 2.47. The van der Waals surface area contributed by atoms with Crippen LogP contribution >= 0.6 is 11.3 Å². The highest BCUT2D eigenvalue weighted by Gasteiger charge is 2.22. The highest BCUT2D eigenvalue weighted by atomic mass is 32.1. The van der Waals surface area contributed by atoms with E-state index in [2.05, 4.69) is 109 Å². The maximum Gasteiger partial charge on any atom is 0.143 e. The van der Waals surface area contributed by atoms with Crippen LogP contribution in [0.25, 0.3) is 75.5 Å². The number of thiophene rings is 1. The van der Waals surface area contributed by atoms with Crippen LogP contribution in [-0.4, -0.2) is 0 Å². The monoisotopic (exact) mass is 528 g/mol. The van der Waals surface area contributed by atoms with E-state index >= 15 is 0 Å². The summed E-state index contributed by atoms with van der Waals surface area (Å²) >= 11 is 1.92. The molecule has 0 aliphatic heterocycles. The molecule has 2 heteroatoms. The normalized spacial score (nSPS) is 12.8. The van der Waals surface area contributed by atoms with Crippen molar-refractivity contribution < 1.29 is 4.42 Å². The zero-order valence-electron chi connectivity index (χ0n) is 21.8. The van der Waals surface area contributed by atoms with Crippen molar-refractivity contribution in [3.05, 3.63) is 132 Å². The van der Waals surface area contributed by atoms with E-state index < -0.39 is 0 Å². The van der Waals surface area contributed by atoms with Crippen molar-refractivity contribution in [2.75, 3.05) is 0 Å². The van der Waals surface area contributed by atoms with Crippen molar-refractivity contribution in [2.24, 2.45) is 0 Å². The predicted octanol–water partition coefficient (Wildman–Crippen LogP) is 11.1. The Hall–Kier alpha value is -4.66. The number of para-hydroxylation sites is 2. The van der Waals surface area contributed by atoms with E-state index in [0.717, 1.165) is 40.3 Å². The van der Waals surface area contributed by atoms with Crippen LogP contribution < -0.4 is 0 Å². The molecule has 188 valence electrons. The summed E-state index contributed by atoms with van der Waals surface area (Å²) in [5.41, 5.74) is 12.5. The molecule has 0 radical (unpaired) electrons. The summed E-state index contributed by atoms with van der Waals surface area (Å²) in [5, 5.41) is 5.11. The minimum atomic E-state index is 0.933. The molecule has 0 unspecified atom stereocenters. The van der Waals surface area contributed by atoms with Crippen LogP contribution in [0, 0.1) is 0 Å². The van der Waals surface area contributed by atoms with Crippen molar-refractivity contribution in [1.29, 1.82) is 0 Å². The molecule has 9 rings (SSSR count). The van der Waals surface area contributed by atoms with E-state index in [1.807, 2.05) is 23.5 Å². The van der Waals surface area contributed by atoms with Crippen LogP contribution in [-0.2, 0) is 12.8 Å². The van der Waals surface area contributed by atoms with Crippen LogP contribution in [0.3, 0.4) is 0 Å². The second-order valence-corrected chi connectivity index (χ2v) is 11.8. The number of hydrogen-bond acceptors (Lipinski definition) is 2. The molecular weight excluding hydrogens is 504 g/mol. The number of rotatable bonds is 2. The van der Waals surface area contributed by atoms with Gasteiger partial charge in [-0.2, -0.15) is 0 Å². The number of hydrogen-bond donors (Lipinski definition) is 0. The standard InChI is InChI=1S/C38H24OS/c1-2-8-27-23(7-1)19-20-26-21-22-34-36(35(26)27)32-13-6-11-29(38(32)40-34)25-17-15-24(16-18-25)28-10-5-12-31-30-9-3-4-14-33(30)39-37(28)31/h1-18,21-22H,19-20H2. The van der Waals surface area contributed by atoms with Gasteiger partial charge in [-0.15, -0.1) is 11.3 Å². The van der Waals surface area contributed by atoms with E-state index in [-0.39, 0.29) is 0 Å². The van der Waals surface area contributed by atoms with Crippen LogP contribution in [0.15, 0.2) is 126 Å². The zero-order chi connectivity index (χ0) is 26.2. The summed E-state index contributed by atoms with van der Waals surface area (Å²) in [5.74, 6) is 0. The summed E-state index contributed by atoms with van der Waals surface area (Å²) < 4.78 is 9.05. The maximum atomic E-state index is 6.32. The van der Waals surface area contributed by atoms with Gasteiger partial charge in [-0.1, -0.05) is 109 Å². The quantitative estimate of drug-likeness (QED) is 0.217. The fourth-order valence-corrected chi connectivity index (χ4v) is 7.98. The smallest absolute Gasteiger partial charge is 0.143 e. The van der Waals surface area contributed by atoms with Gasteiger partial charge in [0.25, 0.3) is 0 Å². The molecule has 0 fully saturated rings. The van der Waals surface area contributed by atoms with E-state index in [0.29, 0.717) is 0 Å². The van der Waals surface area contributed by atoms with Gasteiger partial charge in [-0.25, -0.2) is 0 Å². The molecule has 1 nitrogen and oxygen atoms in total. The summed E-state index contributed by atoms with van der Waals surface area (Å²) in [6.07, 6.45) is 2.23. The Balaban J connectivity index is 1.20. The molecule has 2 aromatic heterocycles. The molecule has 0 atom stereocenters. The van der Waals surface area contributed by atoms with Gasteiger partial charge >= 0.3 is 0 Å². The Kier molecular flexibility index (Phi) is 4.67. The topological polar surface area (TPSA) is 13.1 Å². The van der Waals surface area contributed by atoms with Crippen molar-refractivity contribution in [3.8, 4) is 33.4 Å². The fourth-order valence-electron chi connectivity index (χ4n) is 6.73. The van der Waals surface area contributed by atoms with Crippen molar-refractivity contribution in [1.82, 2.24) is 0 Å². The van der Waals surface area contributed by atoms with E-state index in [9.17, 15) is 0 Å². The zero-order valence-corrected chi connectivity index (χ0v) is 22.6. The molecular formula is C38H24OS. The number of benzene rings is 6. The fraction of sp³-hybridized carbons (Fsp3) is 0.0526. The van der Waals surface area contributed by atoms with Crippen molar-refractivity contribution in [3.63, 3.8) is 0 Å². The van der Waals surface area contributed by atoms with Gasteiger partial charge in [0.1, 0.15) is 11.2 Å². The lowest BCUT2D eigenvalue weighted by molar-refractivity contribution is 0.670. The number of fused-ring (bicyclic) bond motifs is 10. The molecule has 1 aliphatic rings. The molecule has 0 spiro atoms. The third-order valence-electron chi connectivity index (χ3n) is 8.61. The molecule has 2 heterocycles. The van der Waals surface area contributed by atoms with Gasteiger partial charge in [-0.3, -0.25) is 0 Å². The molecule has 0 saturated heterocycles. The first kappa shape index (κ1) is 22.2. The van der Waals surface area contributed by atoms with Gasteiger partial charge in [0.15, 0.2) is 0 Å². The minimum Gasteiger partial charge on any atom is -0.455 e. The Morgan fingerprint density at radius 3 is 2.08 bits per heavy atom. The van der Waals surface area contributed by atoms with Crippen LogP contribution in [0.5, 0.6) is 0 Å². The molecule has 40 heavy (non-hydrogen) atoms. The van der Waals surface area contributed by atoms with E-state index in [1.54, 1.807) is 0 Å². The lowest BCUT2D eigenvalue weighted by Gasteiger charge is -2.21. The molecule has 1 aliphatic carbocycles.